The quantitative estimate of drug-likeness (QED) is 0.586. The molecule has 0 spiro atoms. The highest BCUT2D eigenvalue weighted by Crippen LogP contribution is 2.25. The molecule has 6 heteroatoms. The van der Waals surface area contributed by atoms with Crippen LogP contribution in [0.5, 0.6) is 0 Å². The van der Waals surface area contributed by atoms with Gasteiger partial charge in [-0.25, -0.2) is 4.68 Å². The summed E-state index contributed by atoms with van der Waals surface area (Å²) < 4.78 is 2.84. The highest BCUT2D eigenvalue weighted by atomic mass is 79.9. The lowest BCUT2D eigenvalue weighted by Gasteiger charge is -2.37. The molecule has 0 saturated carbocycles. The molecule has 1 saturated heterocycles. The van der Waals surface area contributed by atoms with Gasteiger partial charge < -0.3 is 9.80 Å². The molecule has 2 heterocycles. The van der Waals surface area contributed by atoms with Gasteiger partial charge in [-0.1, -0.05) is 28.1 Å². The van der Waals surface area contributed by atoms with Gasteiger partial charge in [0, 0.05) is 36.3 Å². The first-order valence-corrected chi connectivity index (χ1v) is 10.7. The van der Waals surface area contributed by atoms with Crippen molar-refractivity contribution in [3.05, 3.63) is 75.5 Å². The number of aryl methyl sites for hydroxylation is 1. The van der Waals surface area contributed by atoms with E-state index in [0.717, 1.165) is 42.0 Å². The van der Waals surface area contributed by atoms with Crippen LogP contribution < -0.4 is 4.90 Å². The van der Waals surface area contributed by atoms with Crippen molar-refractivity contribution in [2.75, 3.05) is 31.1 Å². The van der Waals surface area contributed by atoms with Gasteiger partial charge in [-0.2, -0.15) is 5.10 Å². The Labute approximate surface area is 180 Å². The summed E-state index contributed by atoms with van der Waals surface area (Å²) in [4.78, 5) is 17.5. The second-order valence-corrected chi connectivity index (χ2v) is 8.45. The molecule has 29 heavy (non-hydrogen) atoms. The van der Waals surface area contributed by atoms with Gasteiger partial charge in [0.05, 0.1) is 23.1 Å². The minimum absolute atomic E-state index is 0.0616. The average Bonchev–Trinajstić information content (AvgIpc) is 3.11. The number of carbonyl (C=O) groups excluding carboxylic acids is 1. The maximum absolute atomic E-state index is 13.1. The van der Waals surface area contributed by atoms with Crippen molar-refractivity contribution >= 4 is 27.5 Å². The molecule has 150 valence electrons. The van der Waals surface area contributed by atoms with E-state index < -0.39 is 0 Å². The van der Waals surface area contributed by atoms with Gasteiger partial charge in [0.1, 0.15) is 0 Å². The molecule has 4 rings (SSSR count). The molecule has 1 amide bonds. The standard InChI is InChI=1S/C23H25BrN4O/c1-16-5-4-6-22(17(16)2)26-11-13-27(14-12-26)23(29)21-15-25-28(18(21)3)20-9-7-19(24)8-10-20/h4-10,15H,11-14H2,1-3H3. The number of amides is 1. The minimum Gasteiger partial charge on any atom is -0.368 e. The molecule has 0 bridgehead atoms. The molecule has 1 aromatic heterocycles. The molecule has 0 radical (unpaired) electrons. The summed E-state index contributed by atoms with van der Waals surface area (Å²) in [7, 11) is 0. The van der Waals surface area contributed by atoms with Crippen LogP contribution in [0, 0.1) is 20.8 Å². The number of halogens is 1. The van der Waals surface area contributed by atoms with E-state index in [2.05, 4.69) is 58.0 Å². The smallest absolute Gasteiger partial charge is 0.257 e. The first-order chi connectivity index (χ1) is 14.0. The van der Waals surface area contributed by atoms with Crippen LogP contribution in [0.15, 0.2) is 53.1 Å². The number of hydrogen-bond donors (Lipinski definition) is 0. The third-order valence-electron chi connectivity index (χ3n) is 5.80. The zero-order valence-electron chi connectivity index (χ0n) is 17.0. The average molecular weight is 453 g/mol. The maximum atomic E-state index is 13.1. The van der Waals surface area contributed by atoms with Crippen LogP contribution in [0.3, 0.4) is 0 Å². The number of carbonyl (C=O) groups is 1. The van der Waals surface area contributed by atoms with Crippen molar-refractivity contribution in [2.45, 2.75) is 20.8 Å². The number of nitrogens with zero attached hydrogens (tertiary/aromatic N) is 4. The Morgan fingerprint density at radius 1 is 0.966 bits per heavy atom. The third-order valence-corrected chi connectivity index (χ3v) is 6.32. The molecule has 3 aromatic rings. The Morgan fingerprint density at radius 3 is 2.34 bits per heavy atom. The van der Waals surface area contributed by atoms with E-state index in [1.54, 1.807) is 6.20 Å². The van der Waals surface area contributed by atoms with Crippen molar-refractivity contribution in [1.82, 2.24) is 14.7 Å². The van der Waals surface area contributed by atoms with Gasteiger partial charge in [-0.3, -0.25) is 4.79 Å². The Morgan fingerprint density at radius 2 is 1.66 bits per heavy atom. The normalized spacial score (nSPS) is 14.3. The summed E-state index contributed by atoms with van der Waals surface area (Å²) in [5.74, 6) is 0.0616. The van der Waals surface area contributed by atoms with Crippen molar-refractivity contribution < 1.29 is 4.79 Å². The number of anilines is 1. The van der Waals surface area contributed by atoms with Crippen molar-refractivity contribution in [1.29, 1.82) is 0 Å². The summed E-state index contributed by atoms with van der Waals surface area (Å²) in [6, 6.07) is 14.4. The number of rotatable bonds is 3. The van der Waals surface area contributed by atoms with Crippen molar-refractivity contribution in [3.8, 4) is 5.69 Å². The highest BCUT2D eigenvalue weighted by Gasteiger charge is 2.25. The second-order valence-electron chi connectivity index (χ2n) is 7.53. The molecule has 1 fully saturated rings. The fraction of sp³-hybridized carbons (Fsp3) is 0.304. The van der Waals surface area contributed by atoms with E-state index in [4.69, 9.17) is 0 Å². The lowest BCUT2D eigenvalue weighted by molar-refractivity contribution is 0.0746. The van der Waals surface area contributed by atoms with Gasteiger partial charge in [0.2, 0.25) is 0 Å². The van der Waals surface area contributed by atoms with Gasteiger partial charge >= 0.3 is 0 Å². The van der Waals surface area contributed by atoms with Gasteiger partial charge in [-0.05, 0) is 62.2 Å². The van der Waals surface area contributed by atoms with Gasteiger partial charge in [0.15, 0.2) is 0 Å². The van der Waals surface area contributed by atoms with Crippen LogP contribution in [-0.2, 0) is 0 Å². The topological polar surface area (TPSA) is 41.4 Å². The van der Waals surface area contributed by atoms with E-state index in [-0.39, 0.29) is 5.91 Å². The van der Waals surface area contributed by atoms with Crippen molar-refractivity contribution in [2.24, 2.45) is 0 Å². The molecule has 0 aliphatic carbocycles. The zero-order valence-corrected chi connectivity index (χ0v) is 18.6. The van der Waals surface area contributed by atoms with E-state index >= 15 is 0 Å². The second kappa shape index (κ2) is 8.03. The molecule has 2 aromatic carbocycles. The predicted molar refractivity (Wildman–Crippen MR) is 120 cm³/mol. The van der Waals surface area contributed by atoms with Crippen LogP contribution in [0.2, 0.25) is 0 Å². The number of aromatic nitrogens is 2. The lowest BCUT2D eigenvalue weighted by atomic mass is 10.1. The monoisotopic (exact) mass is 452 g/mol. The summed E-state index contributed by atoms with van der Waals surface area (Å²) in [6.45, 7) is 9.39. The van der Waals surface area contributed by atoms with Gasteiger partial charge in [0.25, 0.3) is 5.91 Å². The Kier molecular flexibility index (Phi) is 5.46. The molecular weight excluding hydrogens is 428 g/mol. The first-order valence-electron chi connectivity index (χ1n) is 9.86. The SMILES string of the molecule is Cc1cccc(N2CCN(C(=O)c3cnn(-c4ccc(Br)cc4)c3C)CC2)c1C. The van der Waals surface area contributed by atoms with Crippen LogP contribution in [-0.4, -0.2) is 46.8 Å². The Hall–Kier alpha value is -2.60. The predicted octanol–water partition coefficient (Wildman–Crippen LogP) is 4.52. The third kappa shape index (κ3) is 3.81. The Bertz CT molecular complexity index is 1030. The summed E-state index contributed by atoms with van der Waals surface area (Å²) in [5, 5.41) is 4.46. The zero-order chi connectivity index (χ0) is 20.5. The highest BCUT2D eigenvalue weighted by molar-refractivity contribution is 9.10. The molecule has 0 atom stereocenters. The van der Waals surface area contributed by atoms with Crippen LogP contribution in [0.1, 0.15) is 27.2 Å². The van der Waals surface area contributed by atoms with E-state index in [1.807, 2.05) is 40.8 Å². The fourth-order valence-electron chi connectivity index (χ4n) is 3.86. The largest absolute Gasteiger partial charge is 0.368 e. The summed E-state index contributed by atoms with van der Waals surface area (Å²) >= 11 is 3.45. The van der Waals surface area contributed by atoms with Crippen LogP contribution in [0.4, 0.5) is 5.69 Å². The lowest BCUT2D eigenvalue weighted by Crippen LogP contribution is -2.49. The van der Waals surface area contributed by atoms with Crippen LogP contribution >= 0.6 is 15.9 Å². The van der Waals surface area contributed by atoms with E-state index in [1.165, 1.54) is 16.8 Å². The van der Waals surface area contributed by atoms with E-state index in [9.17, 15) is 4.79 Å². The number of piperazine rings is 1. The number of benzene rings is 2. The molecule has 5 nitrogen and oxygen atoms in total. The molecule has 0 N–H and O–H groups in total. The van der Waals surface area contributed by atoms with Crippen molar-refractivity contribution in [3.63, 3.8) is 0 Å². The number of hydrogen-bond acceptors (Lipinski definition) is 3. The molecular formula is C23H25BrN4O. The first kappa shape index (κ1) is 19.7. The summed E-state index contributed by atoms with van der Waals surface area (Å²) in [6.07, 6.45) is 1.69. The Balaban J connectivity index is 1.48. The van der Waals surface area contributed by atoms with Gasteiger partial charge in [-0.15, -0.1) is 0 Å². The van der Waals surface area contributed by atoms with E-state index in [0.29, 0.717) is 5.56 Å². The fourth-order valence-corrected chi connectivity index (χ4v) is 4.13. The maximum Gasteiger partial charge on any atom is 0.257 e. The van der Waals surface area contributed by atoms with Crippen LogP contribution in [0.25, 0.3) is 5.69 Å². The molecule has 1 aliphatic rings. The molecule has 0 unspecified atom stereocenters. The minimum atomic E-state index is 0.0616. The summed E-state index contributed by atoms with van der Waals surface area (Å²) in [5.41, 5.74) is 6.39. The molecule has 1 aliphatic heterocycles.